The molecule has 0 amide bonds. The molecule has 1 aromatic heterocycles. The van der Waals surface area contributed by atoms with E-state index in [1.165, 1.54) is 16.9 Å². The van der Waals surface area contributed by atoms with Crippen molar-refractivity contribution < 1.29 is 4.74 Å². The zero-order valence-corrected chi connectivity index (χ0v) is 13.4. The van der Waals surface area contributed by atoms with Crippen LogP contribution in [0.2, 0.25) is 8.67 Å². The van der Waals surface area contributed by atoms with Gasteiger partial charge in [0.05, 0.1) is 15.3 Å². The Bertz CT molecular complexity index is 614. The molecule has 5 heteroatoms. The summed E-state index contributed by atoms with van der Waals surface area (Å²) in [6, 6.07) is 10.3. The topological polar surface area (TPSA) is 21.3 Å². The van der Waals surface area contributed by atoms with Gasteiger partial charge in [-0.2, -0.15) is 0 Å². The minimum absolute atomic E-state index is 0.125. The number of hydrogen-bond acceptors (Lipinski definition) is 3. The van der Waals surface area contributed by atoms with Gasteiger partial charge in [0.2, 0.25) is 0 Å². The lowest BCUT2D eigenvalue weighted by Crippen LogP contribution is -2.27. The van der Waals surface area contributed by atoms with Gasteiger partial charge in [-0.15, -0.1) is 11.3 Å². The van der Waals surface area contributed by atoms with Crippen LogP contribution in [-0.4, -0.2) is 13.2 Å². The molecule has 20 heavy (non-hydrogen) atoms. The molecule has 0 bridgehead atoms. The summed E-state index contributed by atoms with van der Waals surface area (Å²) in [6.07, 6.45) is 0. The Labute approximate surface area is 132 Å². The van der Waals surface area contributed by atoms with Crippen LogP contribution in [0.4, 0.5) is 0 Å². The molecular formula is C15H15Cl2NOS. The average Bonchev–Trinajstić information content (AvgIpc) is 3.00. The summed E-state index contributed by atoms with van der Waals surface area (Å²) in [7, 11) is 0. The van der Waals surface area contributed by atoms with E-state index in [-0.39, 0.29) is 12.0 Å². The van der Waals surface area contributed by atoms with E-state index in [1.807, 2.05) is 24.3 Å². The lowest BCUT2D eigenvalue weighted by Gasteiger charge is -2.23. The van der Waals surface area contributed by atoms with Crippen molar-refractivity contribution in [3.8, 4) is 5.75 Å². The molecule has 106 valence electrons. The number of halogens is 2. The molecule has 0 fully saturated rings. The van der Waals surface area contributed by atoms with Crippen LogP contribution >= 0.6 is 34.5 Å². The van der Waals surface area contributed by atoms with E-state index in [0.29, 0.717) is 6.61 Å². The highest BCUT2D eigenvalue weighted by Crippen LogP contribution is 2.45. The summed E-state index contributed by atoms with van der Waals surface area (Å²) < 4.78 is 7.27. The van der Waals surface area contributed by atoms with Crippen LogP contribution < -0.4 is 10.1 Å². The van der Waals surface area contributed by atoms with E-state index in [4.69, 9.17) is 27.9 Å². The number of nitrogens with one attached hydrogen (secondary N) is 1. The fraction of sp³-hybridized carbons (Fsp3) is 0.333. The van der Waals surface area contributed by atoms with Gasteiger partial charge in [0.25, 0.3) is 0 Å². The van der Waals surface area contributed by atoms with Gasteiger partial charge >= 0.3 is 0 Å². The number of para-hydroxylation sites is 1. The van der Waals surface area contributed by atoms with Gasteiger partial charge in [-0.25, -0.2) is 0 Å². The summed E-state index contributed by atoms with van der Waals surface area (Å²) in [5, 5.41) is 3.52. The van der Waals surface area contributed by atoms with Crippen molar-refractivity contribution in [2.24, 2.45) is 0 Å². The number of ether oxygens (including phenoxy) is 1. The molecule has 0 saturated heterocycles. The molecule has 2 heterocycles. The van der Waals surface area contributed by atoms with E-state index >= 15 is 0 Å². The molecule has 0 radical (unpaired) electrons. The first-order chi connectivity index (χ1) is 9.70. The van der Waals surface area contributed by atoms with E-state index in [0.717, 1.165) is 26.5 Å². The Kier molecular flexibility index (Phi) is 4.22. The zero-order valence-electron chi connectivity index (χ0n) is 11.0. The van der Waals surface area contributed by atoms with Gasteiger partial charge in [0, 0.05) is 23.1 Å². The summed E-state index contributed by atoms with van der Waals surface area (Å²) in [4.78, 5) is 0. The normalized spacial score (nSPS) is 18.6. The maximum atomic E-state index is 6.33. The standard InChI is InChI=1S/C15H15Cl2NOS/c1-2-18-14(10-7-13(16)20-15(10)17)11-8-19-12-6-4-3-5-9(11)12/h3-7,11,14,18H,2,8H2,1H3. The van der Waals surface area contributed by atoms with Gasteiger partial charge in [0.15, 0.2) is 0 Å². The van der Waals surface area contributed by atoms with E-state index < -0.39 is 0 Å². The minimum atomic E-state index is 0.125. The molecule has 2 atom stereocenters. The predicted molar refractivity (Wildman–Crippen MR) is 85.4 cm³/mol. The molecular weight excluding hydrogens is 313 g/mol. The van der Waals surface area contributed by atoms with Gasteiger partial charge in [0.1, 0.15) is 5.75 Å². The smallest absolute Gasteiger partial charge is 0.122 e. The molecule has 3 rings (SSSR count). The maximum Gasteiger partial charge on any atom is 0.122 e. The van der Waals surface area contributed by atoms with Crippen molar-refractivity contribution in [1.29, 1.82) is 0 Å². The number of rotatable bonds is 4. The highest BCUT2D eigenvalue weighted by molar-refractivity contribution is 7.20. The second-order valence-electron chi connectivity index (χ2n) is 4.77. The average molecular weight is 328 g/mol. The highest BCUT2D eigenvalue weighted by atomic mass is 35.5. The maximum absolute atomic E-state index is 6.33. The first-order valence-electron chi connectivity index (χ1n) is 6.60. The number of fused-ring (bicyclic) bond motifs is 1. The second-order valence-corrected chi connectivity index (χ2v) is 7.06. The van der Waals surface area contributed by atoms with Crippen LogP contribution in [-0.2, 0) is 0 Å². The molecule has 2 unspecified atom stereocenters. The van der Waals surface area contributed by atoms with Crippen molar-refractivity contribution in [2.75, 3.05) is 13.2 Å². The fourth-order valence-corrected chi connectivity index (χ4v) is 4.27. The van der Waals surface area contributed by atoms with Gasteiger partial charge in [-0.1, -0.05) is 48.3 Å². The minimum Gasteiger partial charge on any atom is -0.493 e. The largest absolute Gasteiger partial charge is 0.493 e. The summed E-state index contributed by atoms with van der Waals surface area (Å²) >= 11 is 13.8. The monoisotopic (exact) mass is 327 g/mol. The summed E-state index contributed by atoms with van der Waals surface area (Å²) in [5.74, 6) is 1.23. The summed E-state index contributed by atoms with van der Waals surface area (Å²) in [5.41, 5.74) is 2.30. The Hall–Kier alpha value is -0.740. The Morgan fingerprint density at radius 2 is 2.20 bits per heavy atom. The molecule has 0 spiro atoms. The lowest BCUT2D eigenvalue weighted by molar-refractivity contribution is 0.301. The number of thiophene rings is 1. The molecule has 1 aliphatic heterocycles. The van der Waals surface area contributed by atoms with Crippen LogP contribution in [0, 0.1) is 0 Å². The van der Waals surface area contributed by atoms with Gasteiger partial charge < -0.3 is 10.1 Å². The van der Waals surface area contributed by atoms with Crippen LogP contribution in [0.25, 0.3) is 0 Å². The third-order valence-electron chi connectivity index (χ3n) is 3.58. The van der Waals surface area contributed by atoms with Crippen molar-refractivity contribution in [2.45, 2.75) is 18.9 Å². The highest BCUT2D eigenvalue weighted by Gasteiger charge is 2.33. The van der Waals surface area contributed by atoms with Crippen molar-refractivity contribution in [3.05, 3.63) is 50.1 Å². The van der Waals surface area contributed by atoms with E-state index in [1.54, 1.807) is 0 Å². The Morgan fingerprint density at radius 3 is 2.90 bits per heavy atom. The second kappa shape index (κ2) is 5.94. The quantitative estimate of drug-likeness (QED) is 0.863. The molecule has 2 nitrogen and oxygen atoms in total. The van der Waals surface area contributed by atoms with Crippen molar-refractivity contribution >= 4 is 34.5 Å². The zero-order chi connectivity index (χ0) is 14.1. The SMILES string of the molecule is CCNC(c1cc(Cl)sc1Cl)C1COc2ccccc21. The molecule has 0 aliphatic carbocycles. The fourth-order valence-electron chi connectivity index (χ4n) is 2.72. The first-order valence-corrected chi connectivity index (χ1v) is 8.17. The number of benzene rings is 1. The van der Waals surface area contributed by atoms with Crippen LogP contribution in [0.3, 0.4) is 0 Å². The third-order valence-corrected chi connectivity index (χ3v) is 5.10. The van der Waals surface area contributed by atoms with Gasteiger partial charge in [-0.3, -0.25) is 0 Å². The molecule has 1 N–H and O–H groups in total. The lowest BCUT2D eigenvalue weighted by atomic mass is 9.89. The van der Waals surface area contributed by atoms with Gasteiger partial charge in [-0.05, 0) is 18.7 Å². The van der Waals surface area contributed by atoms with E-state index in [2.05, 4.69) is 18.3 Å². The van der Waals surface area contributed by atoms with Crippen molar-refractivity contribution in [1.82, 2.24) is 5.32 Å². The third kappa shape index (κ3) is 2.56. The van der Waals surface area contributed by atoms with E-state index in [9.17, 15) is 0 Å². The molecule has 2 aromatic rings. The molecule has 0 saturated carbocycles. The van der Waals surface area contributed by atoms with Crippen molar-refractivity contribution in [3.63, 3.8) is 0 Å². The number of likely N-dealkylation sites (N-methyl/N-ethyl adjacent to an activating group) is 1. The molecule has 1 aliphatic rings. The summed E-state index contributed by atoms with van der Waals surface area (Å²) in [6.45, 7) is 3.63. The Morgan fingerprint density at radius 1 is 1.40 bits per heavy atom. The van der Waals surface area contributed by atoms with Crippen LogP contribution in [0.5, 0.6) is 5.75 Å². The van der Waals surface area contributed by atoms with Crippen LogP contribution in [0.15, 0.2) is 30.3 Å². The molecule has 1 aromatic carbocycles. The first kappa shape index (κ1) is 14.2. The predicted octanol–water partition coefficient (Wildman–Crippen LogP) is 4.88. The Balaban J connectivity index is 1.98. The van der Waals surface area contributed by atoms with Crippen LogP contribution in [0.1, 0.15) is 30.0 Å². The number of hydrogen-bond donors (Lipinski definition) is 1.